The highest BCUT2D eigenvalue weighted by molar-refractivity contribution is 8.01. The van der Waals surface area contributed by atoms with Crippen molar-refractivity contribution < 1.29 is 18.0 Å². The second-order valence-corrected chi connectivity index (χ2v) is 6.48. The van der Waals surface area contributed by atoms with Crippen LogP contribution in [0.15, 0.2) is 34.7 Å². The summed E-state index contributed by atoms with van der Waals surface area (Å²) in [5.74, 6) is -0.559. The Labute approximate surface area is 132 Å². The zero-order valence-electron chi connectivity index (χ0n) is 11.0. The lowest BCUT2D eigenvalue weighted by atomic mass is 10.1. The van der Waals surface area contributed by atoms with Crippen molar-refractivity contribution in [3.05, 3.63) is 35.9 Å². The number of rotatable bonds is 6. The van der Waals surface area contributed by atoms with Crippen molar-refractivity contribution in [2.45, 2.75) is 15.8 Å². The number of aromatic nitrogens is 2. The van der Waals surface area contributed by atoms with E-state index in [1.807, 2.05) is 0 Å². The Morgan fingerprint density at radius 2 is 2.00 bits per heavy atom. The van der Waals surface area contributed by atoms with Gasteiger partial charge in [-0.1, -0.05) is 53.4 Å². The molecule has 3 N–H and O–H groups in total. The molecule has 2 aromatic rings. The fraction of sp³-hybridized carbons (Fsp3) is 0.250. The van der Waals surface area contributed by atoms with Crippen LogP contribution in [0.2, 0.25) is 0 Å². The molecule has 0 spiro atoms. The number of benzene rings is 1. The van der Waals surface area contributed by atoms with Gasteiger partial charge in [0.25, 0.3) is 0 Å². The minimum atomic E-state index is -4.33. The van der Waals surface area contributed by atoms with Gasteiger partial charge in [0, 0.05) is 0 Å². The summed E-state index contributed by atoms with van der Waals surface area (Å²) in [6.07, 6.45) is -4.33. The summed E-state index contributed by atoms with van der Waals surface area (Å²) in [7, 11) is 0. The van der Waals surface area contributed by atoms with E-state index in [-0.39, 0.29) is 5.13 Å². The van der Waals surface area contributed by atoms with Gasteiger partial charge in [0.05, 0.1) is 0 Å². The second kappa shape index (κ2) is 6.97. The molecule has 0 bridgehead atoms. The van der Waals surface area contributed by atoms with Crippen molar-refractivity contribution >= 4 is 34.1 Å². The largest absolute Gasteiger partial charge is 0.405 e. The van der Waals surface area contributed by atoms with E-state index in [1.165, 1.54) is 0 Å². The number of hydrogen-bond acceptors (Lipinski definition) is 6. The Kier molecular flexibility index (Phi) is 5.24. The van der Waals surface area contributed by atoms with Gasteiger partial charge in [-0.2, -0.15) is 13.2 Å². The molecule has 1 heterocycles. The van der Waals surface area contributed by atoms with Crippen molar-refractivity contribution in [2.24, 2.45) is 5.73 Å². The fourth-order valence-electron chi connectivity index (χ4n) is 1.52. The van der Waals surface area contributed by atoms with Crippen molar-refractivity contribution in [1.29, 1.82) is 0 Å². The minimum Gasteiger partial charge on any atom is -0.368 e. The van der Waals surface area contributed by atoms with Crippen LogP contribution in [0.5, 0.6) is 0 Å². The number of nitrogens with two attached hydrogens (primary N) is 1. The number of alkyl halides is 3. The van der Waals surface area contributed by atoms with Crippen LogP contribution in [0.3, 0.4) is 0 Å². The molecule has 0 aliphatic rings. The lowest BCUT2D eigenvalue weighted by Crippen LogP contribution is -2.21. The molecule has 22 heavy (non-hydrogen) atoms. The Hall–Kier alpha value is -1.81. The molecule has 0 fully saturated rings. The van der Waals surface area contributed by atoms with Crippen LogP contribution in [0.1, 0.15) is 10.8 Å². The lowest BCUT2D eigenvalue weighted by molar-refractivity contribution is -0.117. The van der Waals surface area contributed by atoms with Crippen LogP contribution in [0.4, 0.5) is 18.3 Å². The maximum atomic E-state index is 12.1. The van der Waals surface area contributed by atoms with Crippen molar-refractivity contribution in [2.75, 3.05) is 11.9 Å². The van der Waals surface area contributed by atoms with Gasteiger partial charge in [-0.05, 0) is 5.56 Å². The first-order chi connectivity index (χ1) is 10.3. The molecule has 0 radical (unpaired) electrons. The molecule has 0 saturated carbocycles. The van der Waals surface area contributed by atoms with Gasteiger partial charge in [-0.3, -0.25) is 4.79 Å². The number of amides is 1. The Balaban J connectivity index is 2.05. The predicted octanol–water partition coefficient (Wildman–Crippen LogP) is 2.83. The van der Waals surface area contributed by atoms with Crippen LogP contribution in [0.25, 0.3) is 0 Å². The van der Waals surface area contributed by atoms with Gasteiger partial charge >= 0.3 is 6.18 Å². The summed E-state index contributed by atoms with van der Waals surface area (Å²) in [6, 6.07) is 8.82. The smallest absolute Gasteiger partial charge is 0.368 e. The van der Waals surface area contributed by atoms with Crippen molar-refractivity contribution in [1.82, 2.24) is 10.2 Å². The van der Waals surface area contributed by atoms with E-state index in [4.69, 9.17) is 5.73 Å². The van der Waals surface area contributed by atoms with Gasteiger partial charge < -0.3 is 11.1 Å². The lowest BCUT2D eigenvalue weighted by Gasteiger charge is -2.10. The number of carbonyl (C=O) groups is 1. The molecule has 1 amide bonds. The Bertz CT molecular complexity index is 633. The van der Waals surface area contributed by atoms with E-state index in [0.29, 0.717) is 9.90 Å². The maximum absolute atomic E-state index is 12.1. The Morgan fingerprint density at radius 1 is 1.32 bits per heavy atom. The third-order valence-electron chi connectivity index (χ3n) is 2.43. The van der Waals surface area contributed by atoms with Crippen LogP contribution < -0.4 is 11.1 Å². The monoisotopic (exact) mass is 348 g/mol. The average Bonchev–Trinajstić information content (AvgIpc) is 2.90. The summed E-state index contributed by atoms with van der Waals surface area (Å²) in [5.41, 5.74) is 6.07. The quantitative estimate of drug-likeness (QED) is 0.785. The van der Waals surface area contributed by atoms with Gasteiger partial charge in [0.2, 0.25) is 11.0 Å². The molecular weight excluding hydrogens is 337 g/mol. The molecule has 118 valence electrons. The molecule has 2 rings (SSSR count). The average molecular weight is 348 g/mol. The number of carbonyl (C=O) groups excluding carboxylic acids is 1. The summed E-state index contributed by atoms with van der Waals surface area (Å²) >= 11 is 1.99. The summed E-state index contributed by atoms with van der Waals surface area (Å²) < 4.78 is 36.7. The zero-order chi connectivity index (χ0) is 16.2. The summed E-state index contributed by atoms with van der Waals surface area (Å²) in [5, 5.41) is 8.87. The van der Waals surface area contributed by atoms with Crippen molar-refractivity contribution in [3.63, 3.8) is 0 Å². The number of hydrogen-bond donors (Lipinski definition) is 2. The topological polar surface area (TPSA) is 80.9 Å². The number of halogens is 3. The highest BCUT2D eigenvalue weighted by atomic mass is 32.2. The molecular formula is C12H11F3N4OS2. The fourth-order valence-corrected chi connectivity index (χ4v) is 3.41. The second-order valence-electron chi connectivity index (χ2n) is 4.15. The number of nitrogens with zero attached hydrogens (tertiary/aromatic N) is 2. The first kappa shape index (κ1) is 16.6. The number of anilines is 1. The molecule has 0 aliphatic carbocycles. The maximum Gasteiger partial charge on any atom is 0.405 e. The van der Waals surface area contributed by atoms with Crippen LogP contribution in [0, 0.1) is 0 Å². The molecule has 0 aliphatic heterocycles. The first-order valence-electron chi connectivity index (χ1n) is 6.00. The van der Waals surface area contributed by atoms with E-state index in [0.717, 1.165) is 23.1 Å². The first-order valence-corrected chi connectivity index (χ1v) is 7.70. The van der Waals surface area contributed by atoms with E-state index in [2.05, 4.69) is 15.5 Å². The van der Waals surface area contributed by atoms with Crippen molar-refractivity contribution in [3.8, 4) is 0 Å². The van der Waals surface area contributed by atoms with Crippen LogP contribution in [-0.4, -0.2) is 28.8 Å². The number of nitrogens with one attached hydrogen (secondary N) is 1. The molecule has 0 saturated heterocycles. The van der Waals surface area contributed by atoms with Gasteiger partial charge in [0.1, 0.15) is 11.8 Å². The van der Waals surface area contributed by atoms with E-state index in [1.54, 1.807) is 30.3 Å². The molecule has 0 unspecified atom stereocenters. The van der Waals surface area contributed by atoms with Gasteiger partial charge in [-0.25, -0.2) is 0 Å². The summed E-state index contributed by atoms with van der Waals surface area (Å²) in [6.45, 7) is -1.19. The predicted molar refractivity (Wildman–Crippen MR) is 78.7 cm³/mol. The van der Waals surface area contributed by atoms with Gasteiger partial charge in [0.15, 0.2) is 4.34 Å². The third-order valence-corrected chi connectivity index (χ3v) is 4.66. The molecule has 1 aromatic heterocycles. The molecule has 1 aromatic carbocycles. The highest BCUT2D eigenvalue weighted by Gasteiger charge is 2.27. The van der Waals surface area contributed by atoms with E-state index >= 15 is 0 Å². The normalized spacial score (nSPS) is 12.9. The Morgan fingerprint density at radius 3 is 2.59 bits per heavy atom. The number of thioether (sulfide) groups is 1. The van der Waals surface area contributed by atoms with E-state index < -0.39 is 23.9 Å². The number of primary amides is 1. The van der Waals surface area contributed by atoms with Crippen LogP contribution in [-0.2, 0) is 4.79 Å². The molecule has 1 atom stereocenters. The van der Waals surface area contributed by atoms with E-state index in [9.17, 15) is 18.0 Å². The minimum absolute atomic E-state index is 0.0381. The third kappa shape index (κ3) is 4.88. The van der Waals surface area contributed by atoms with Crippen LogP contribution >= 0.6 is 23.1 Å². The molecule has 5 nitrogen and oxygen atoms in total. The van der Waals surface area contributed by atoms with Gasteiger partial charge in [-0.15, -0.1) is 10.2 Å². The SMILES string of the molecule is NC(=O)[C@@H](Sc1nnc(NCC(F)(F)F)s1)c1ccccc1. The molecule has 10 heteroatoms. The zero-order valence-corrected chi connectivity index (χ0v) is 12.6. The highest BCUT2D eigenvalue weighted by Crippen LogP contribution is 2.37. The standard InChI is InChI=1S/C12H11F3N4OS2/c13-12(14,15)6-17-10-18-19-11(22-10)21-8(9(16)20)7-4-2-1-3-5-7/h1-5,8H,6H2,(H2,16,20)(H,17,18)/t8-/m0/s1. The summed E-state index contributed by atoms with van der Waals surface area (Å²) in [4.78, 5) is 11.6.